The van der Waals surface area contributed by atoms with E-state index in [2.05, 4.69) is 35.8 Å². The van der Waals surface area contributed by atoms with Crippen LogP contribution in [0, 0.1) is 5.82 Å². The molecule has 10 nitrogen and oxygen atoms in total. The first-order valence-electron chi connectivity index (χ1n) is 10.5. The summed E-state index contributed by atoms with van der Waals surface area (Å²) in [4.78, 5) is 24.6. The Labute approximate surface area is 204 Å². The number of anilines is 2. The molecular weight excluding hydrogens is 485 g/mol. The lowest BCUT2D eigenvalue weighted by atomic mass is 10.0. The molecule has 2 aromatic carbocycles. The minimum Gasteiger partial charge on any atom is -0.308 e. The van der Waals surface area contributed by atoms with Gasteiger partial charge < -0.3 is 10.6 Å². The van der Waals surface area contributed by atoms with Gasteiger partial charge in [0.05, 0.1) is 23.0 Å². The average molecular weight is 504 g/mol. The van der Waals surface area contributed by atoms with Crippen molar-refractivity contribution in [1.29, 1.82) is 0 Å². The van der Waals surface area contributed by atoms with Gasteiger partial charge in [-0.05, 0) is 42.0 Å². The Morgan fingerprint density at radius 2 is 1.61 bits per heavy atom. The molecular formula is C24H18FN7O3S. The molecule has 0 spiro atoms. The third kappa shape index (κ3) is 4.88. The Morgan fingerprint density at radius 1 is 0.889 bits per heavy atom. The van der Waals surface area contributed by atoms with Crippen LogP contribution >= 0.6 is 0 Å². The first kappa shape index (κ1) is 23.1. The molecule has 0 aliphatic rings. The highest BCUT2D eigenvalue weighted by molar-refractivity contribution is 7.90. The minimum atomic E-state index is -3.31. The lowest BCUT2D eigenvalue weighted by molar-refractivity contribution is 0.262. The van der Waals surface area contributed by atoms with E-state index in [9.17, 15) is 17.6 Å². The van der Waals surface area contributed by atoms with Crippen molar-refractivity contribution in [3.05, 3.63) is 79.3 Å². The van der Waals surface area contributed by atoms with Crippen molar-refractivity contribution in [3.8, 4) is 22.4 Å². The molecule has 0 atom stereocenters. The first-order valence-corrected chi connectivity index (χ1v) is 12.4. The second-order valence-corrected chi connectivity index (χ2v) is 9.94. The van der Waals surface area contributed by atoms with Crippen LogP contribution in [0.15, 0.2) is 78.3 Å². The van der Waals surface area contributed by atoms with Gasteiger partial charge in [0.25, 0.3) is 0 Å². The standard InChI is InChI=1S/C24H18FN7O3S/c1-36(34,35)20-4-2-14(3-5-20)16-8-21-22(31-32-23(21)28-10-16)15-6-17(25)9-18(7-15)29-24(33)30-19-11-26-13-27-12-19/h2-13H,1H3,(H,28,31,32)(H2,29,30,33). The second-order valence-electron chi connectivity index (χ2n) is 7.92. The molecule has 0 aliphatic heterocycles. The number of nitrogens with one attached hydrogen (secondary N) is 3. The molecule has 0 radical (unpaired) electrons. The van der Waals surface area contributed by atoms with E-state index in [-0.39, 0.29) is 10.6 Å². The summed E-state index contributed by atoms with van der Waals surface area (Å²) in [6.45, 7) is 0. The third-order valence-corrected chi connectivity index (χ3v) is 6.41. The van der Waals surface area contributed by atoms with Crippen LogP contribution in [-0.2, 0) is 9.84 Å². The molecule has 0 fully saturated rings. The maximum atomic E-state index is 14.5. The Hall–Kier alpha value is -4.71. The highest BCUT2D eigenvalue weighted by Crippen LogP contribution is 2.31. The van der Waals surface area contributed by atoms with E-state index in [1.165, 1.54) is 43.0 Å². The van der Waals surface area contributed by atoms with E-state index in [4.69, 9.17) is 0 Å². The molecule has 5 aromatic rings. The molecule has 3 heterocycles. The number of H-pyrrole nitrogens is 1. The van der Waals surface area contributed by atoms with Crippen molar-refractivity contribution in [2.24, 2.45) is 0 Å². The maximum Gasteiger partial charge on any atom is 0.323 e. The summed E-state index contributed by atoms with van der Waals surface area (Å²) in [5, 5.41) is 12.9. The maximum absolute atomic E-state index is 14.5. The van der Waals surface area contributed by atoms with Crippen LogP contribution in [0.2, 0.25) is 0 Å². The fraction of sp³-hybridized carbons (Fsp3) is 0.0417. The molecule has 0 bridgehead atoms. The number of sulfone groups is 1. The molecule has 0 saturated carbocycles. The summed E-state index contributed by atoms with van der Waals surface area (Å²) >= 11 is 0. The first-order chi connectivity index (χ1) is 17.3. The van der Waals surface area contributed by atoms with E-state index in [0.717, 1.165) is 17.4 Å². The Morgan fingerprint density at radius 3 is 2.33 bits per heavy atom. The highest BCUT2D eigenvalue weighted by Gasteiger charge is 2.14. The largest absolute Gasteiger partial charge is 0.323 e. The second kappa shape index (κ2) is 9.15. The summed E-state index contributed by atoms with van der Waals surface area (Å²) in [5.74, 6) is -0.567. The van der Waals surface area contributed by atoms with E-state index in [1.807, 2.05) is 6.07 Å². The van der Waals surface area contributed by atoms with Crippen LogP contribution in [0.3, 0.4) is 0 Å². The quantitative estimate of drug-likeness (QED) is 0.325. The van der Waals surface area contributed by atoms with Crippen molar-refractivity contribution in [1.82, 2.24) is 25.1 Å². The van der Waals surface area contributed by atoms with E-state index < -0.39 is 21.7 Å². The number of aromatic nitrogens is 5. The molecule has 3 N–H and O–H groups in total. The Kier molecular flexibility index (Phi) is 5.86. The van der Waals surface area contributed by atoms with Gasteiger partial charge in [0.15, 0.2) is 15.5 Å². The van der Waals surface area contributed by atoms with E-state index in [1.54, 1.807) is 24.4 Å². The van der Waals surface area contributed by atoms with Gasteiger partial charge in [0.1, 0.15) is 17.8 Å². The fourth-order valence-electron chi connectivity index (χ4n) is 3.63. The predicted molar refractivity (Wildman–Crippen MR) is 133 cm³/mol. The number of aromatic amines is 1. The van der Waals surface area contributed by atoms with Crippen molar-refractivity contribution >= 4 is 38.3 Å². The number of pyridine rings is 1. The van der Waals surface area contributed by atoms with Crippen molar-refractivity contribution in [2.45, 2.75) is 4.90 Å². The number of hydrogen-bond donors (Lipinski definition) is 3. The van der Waals surface area contributed by atoms with Gasteiger partial charge >= 0.3 is 6.03 Å². The summed E-state index contributed by atoms with van der Waals surface area (Å²) in [6, 6.07) is 11.8. The van der Waals surface area contributed by atoms with Gasteiger partial charge in [-0.2, -0.15) is 5.10 Å². The third-order valence-electron chi connectivity index (χ3n) is 5.28. The molecule has 36 heavy (non-hydrogen) atoms. The number of urea groups is 1. The zero-order valence-electron chi connectivity index (χ0n) is 18.7. The Bertz CT molecular complexity index is 1690. The van der Waals surface area contributed by atoms with Gasteiger partial charge in [-0.3, -0.25) is 5.10 Å². The van der Waals surface area contributed by atoms with Crippen LogP contribution in [0.25, 0.3) is 33.4 Å². The van der Waals surface area contributed by atoms with Gasteiger partial charge in [-0.1, -0.05) is 12.1 Å². The van der Waals surface area contributed by atoms with Crippen LogP contribution in [0.4, 0.5) is 20.6 Å². The smallest absolute Gasteiger partial charge is 0.308 e. The number of halogens is 1. The lowest BCUT2D eigenvalue weighted by Crippen LogP contribution is -2.19. The van der Waals surface area contributed by atoms with E-state index >= 15 is 0 Å². The number of rotatable bonds is 5. The number of fused-ring (bicyclic) bond motifs is 1. The zero-order chi connectivity index (χ0) is 25.3. The number of amides is 2. The zero-order valence-corrected chi connectivity index (χ0v) is 19.5. The number of carbonyl (C=O) groups is 1. The van der Waals surface area contributed by atoms with Crippen LogP contribution in [-0.4, -0.2) is 45.9 Å². The van der Waals surface area contributed by atoms with Crippen molar-refractivity contribution in [2.75, 3.05) is 16.9 Å². The topological polar surface area (TPSA) is 143 Å². The van der Waals surface area contributed by atoms with Crippen LogP contribution in [0.1, 0.15) is 0 Å². The van der Waals surface area contributed by atoms with Crippen LogP contribution < -0.4 is 10.6 Å². The highest BCUT2D eigenvalue weighted by atomic mass is 32.2. The molecule has 2 amide bonds. The SMILES string of the molecule is CS(=O)(=O)c1ccc(-c2cnc3[nH]nc(-c4cc(F)cc(NC(=O)Nc5cncnc5)c4)c3c2)cc1. The summed E-state index contributed by atoms with van der Waals surface area (Å²) in [6.07, 6.45) is 6.98. The molecule has 0 saturated heterocycles. The molecule has 5 rings (SSSR count). The van der Waals surface area contributed by atoms with Crippen molar-refractivity contribution < 1.29 is 17.6 Å². The average Bonchev–Trinajstić information content (AvgIpc) is 3.27. The van der Waals surface area contributed by atoms with Gasteiger partial charge in [0.2, 0.25) is 0 Å². The number of hydrogen-bond acceptors (Lipinski definition) is 7. The van der Waals surface area contributed by atoms with Crippen molar-refractivity contribution in [3.63, 3.8) is 0 Å². The summed E-state index contributed by atoms with van der Waals surface area (Å²) < 4.78 is 38.0. The molecule has 180 valence electrons. The van der Waals surface area contributed by atoms with Gasteiger partial charge in [-0.25, -0.2) is 32.6 Å². The number of carbonyl (C=O) groups excluding carboxylic acids is 1. The van der Waals surface area contributed by atoms with Gasteiger partial charge in [-0.15, -0.1) is 0 Å². The Balaban J connectivity index is 1.46. The molecule has 0 unspecified atom stereocenters. The monoisotopic (exact) mass is 503 g/mol. The van der Waals surface area contributed by atoms with E-state index in [0.29, 0.717) is 28.0 Å². The predicted octanol–water partition coefficient (Wildman–Crippen LogP) is 4.27. The molecule has 3 aromatic heterocycles. The molecule has 12 heteroatoms. The van der Waals surface area contributed by atoms with Crippen LogP contribution in [0.5, 0.6) is 0 Å². The number of benzene rings is 2. The minimum absolute atomic E-state index is 0.216. The fourth-order valence-corrected chi connectivity index (χ4v) is 4.26. The molecule has 0 aliphatic carbocycles. The summed E-state index contributed by atoms with van der Waals surface area (Å²) in [5.41, 5.74) is 3.43. The number of nitrogens with zero attached hydrogens (tertiary/aromatic N) is 4. The van der Waals surface area contributed by atoms with Gasteiger partial charge in [0, 0.05) is 34.7 Å². The normalized spacial score (nSPS) is 11.4. The summed E-state index contributed by atoms with van der Waals surface area (Å²) in [7, 11) is -3.31. The lowest BCUT2D eigenvalue weighted by Gasteiger charge is -2.09.